The number of aromatic hydroxyl groups is 1. The molecule has 2 rings (SSSR count). The number of rotatable bonds is 4. The number of hydrogen-bond donors (Lipinski definition) is 1. The van der Waals surface area contributed by atoms with Gasteiger partial charge in [-0.2, -0.15) is 0 Å². The van der Waals surface area contributed by atoms with Gasteiger partial charge in [-0.25, -0.2) is 0 Å². The largest absolute Gasteiger partial charge is 0.504 e. The predicted molar refractivity (Wildman–Crippen MR) is 90.4 cm³/mol. The molecule has 3 nitrogen and oxygen atoms in total. The zero-order valence-corrected chi connectivity index (χ0v) is 13.6. The standard InChI is InChI=1S/C16H16INO2/c1-3-11-4-6-13(7-5-11)18-10-12-8-14(17)16(19)15(9-12)20-2/h4-10,19H,3H2,1-2H3. The van der Waals surface area contributed by atoms with Gasteiger partial charge in [0.1, 0.15) is 0 Å². The summed E-state index contributed by atoms with van der Waals surface area (Å²) in [5.41, 5.74) is 3.10. The smallest absolute Gasteiger partial charge is 0.171 e. The van der Waals surface area contributed by atoms with Crippen LogP contribution in [-0.4, -0.2) is 18.4 Å². The number of phenols is 1. The second-order valence-electron chi connectivity index (χ2n) is 4.33. The van der Waals surface area contributed by atoms with Crippen LogP contribution in [0, 0.1) is 3.57 Å². The van der Waals surface area contributed by atoms with E-state index in [1.165, 1.54) is 12.7 Å². The third-order valence-electron chi connectivity index (χ3n) is 2.98. The van der Waals surface area contributed by atoms with E-state index in [0.29, 0.717) is 5.75 Å². The Morgan fingerprint density at radius 2 is 1.95 bits per heavy atom. The van der Waals surface area contributed by atoms with Crippen molar-refractivity contribution in [2.45, 2.75) is 13.3 Å². The monoisotopic (exact) mass is 381 g/mol. The molecule has 0 aromatic heterocycles. The maximum absolute atomic E-state index is 9.79. The minimum Gasteiger partial charge on any atom is -0.504 e. The average Bonchev–Trinajstić information content (AvgIpc) is 2.48. The molecule has 0 aliphatic rings. The summed E-state index contributed by atoms with van der Waals surface area (Å²) in [6, 6.07) is 11.8. The van der Waals surface area contributed by atoms with E-state index in [1.807, 2.05) is 18.2 Å². The molecule has 0 saturated carbocycles. The van der Waals surface area contributed by atoms with Crippen molar-refractivity contribution >= 4 is 34.5 Å². The molecule has 1 N–H and O–H groups in total. The normalized spacial score (nSPS) is 10.9. The zero-order chi connectivity index (χ0) is 14.5. The molecular formula is C16H16INO2. The van der Waals surface area contributed by atoms with Crippen LogP contribution >= 0.6 is 22.6 Å². The maximum atomic E-state index is 9.79. The van der Waals surface area contributed by atoms with Gasteiger partial charge in [-0.3, -0.25) is 4.99 Å². The van der Waals surface area contributed by atoms with Crippen LogP contribution in [0.15, 0.2) is 41.4 Å². The zero-order valence-electron chi connectivity index (χ0n) is 11.4. The first-order valence-corrected chi connectivity index (χ1v) is 7.41. The van der Waals surface area contributed by atoms with Gasteiger partial charge in [0.15, 0.2) is 11.5 Å². The third-order valence-corrected chi connectivity index (χ3v) is 3.80. The van der Waals surface area contributed by atoms with Crippen LogP contribution in [0.5, 0.6) is 11.5 Å². The lowest BCUT2D eigenvalue weighted by Gasteiger charge is -2.06. The molecule has 0 heterocycles. The topological polar surface area (TPSA) is 41.8 Å². The van der Waals surface area contributed by atoms with E-state index >= 15 is 0 Å². The maximum Gasteiger partial charge on any atom is 0.171 e. The van der Waals surface area contributed by atoms with Crippen LogP contribution in [0.1, 0.15) is 18.1 Å². The van der Waals surface area contributed by atoms with Crippen molar-refractivity contribution in [3.63, 3.8) is 0 Å². The van der Waals surface area contributed by atoms with Gasteiger partial charge in [-0.05, 0) is 64.4 Å². The lowest BCUT2D eigenvalue weighted by atomic mass is 10.1. The Morgan fingerprint density at radius 3 is 2.55 bits per heavy atom. The molecule has 0 aliphatic heterocycles. The van der Waals surface area contributed by atoms with E-state index in [2.05, 4.69) is 46.6 Å². The van der Waals surface area contributed by atoms with Crippen LogP contribution < -0.4 is 4.74 Å². The number of benzene rings is 2. The summed E-state index contributed by atoms with van der Waals surface area (Å²) in [7, 11) is 1.54. The highest BCUT2D eigenvalue weighted by atomic mass is 127. The summed E-state index contributed by atoms with van der Waals surface area (Å²) in [4.78, 5) is 4.43. The molecule has 0 radical (unpaired) electrons. The fourth-order valence-corrected chi connectivity index (χ4v) is 2.42. The highest BCUT2D eigenvalue weighted by molar-refractivity contribution is 14.1. The molecule has 20 heavy (non-hydrogen) atoms. The molecule has 4 heteroatoms. The van der Waals surface area contributed by atoms with E-state index in [9.17, 15) is 5.11 Å². The van der Waals surface area contributed by atoms with Crippen molar-refractivity contribution in [3.05, 3.63) is 51.1 Å². The number of hydrogen-bond acceptors (Lipinski definition) is 3. The van der Waals surface area contributed by atoms with E-state index in [-0.39, 0.29) is 5.75 Å². The van der Waals surface area contributed by atoms with Gasteiger partial charge in [0.2, 0.25) is 0 Å². The molecule has 0 amide bonds. The SMILES string of the molecule is CCc1ccc(N=Cc2cc(I)c(O)c(OC)c2)cc1. The molecule has 0 bridgehead atoms. The quantitative estimate of drug-likeness (QED) is 0.633. The van der Waals surface area contributed by atoms with Crippen molar-refractivity contribution in [3.8, 4) is 11.5 Å². The number of ether oxygens (including phenoxy) is 1. The third kappa shape index (κ3) is 3.50. The second-order valence-corrected chi connectivity index (χ2v) is 5.49. The summed E-state index contributed by atoms with van der Waals surface area (Å²) >= 11 is 2.07. The minimum absolute atomic E-state index is 0.164. The fraction of sp³-hybridized carbons (Fsp3) is 0.188. The van der Waals surface area contributed by atoms with Crippen molar-refractivity contribution < 1.29 is 9.84 Å². The van der Waals surface area contributed by atoms with Crippen LogP contribution in [0.25, 0.3) is 0 Å². The van der Waals surface area contributed by atoms with Gasteiger partial charge in [0, 0.05) is 6.21 Å². The Kier molecular flexibility index (Phi) is 5.00. The molecule has 2 aromatic rings. The Morgan fingerprint density at radius 1 is 1.25 bits per heavy atom. The van der Waals surface area contributed by atoms with Gasteiger partial charge >= 0.3 is 0 Å². The highest BCUT2D eigenvalue weighted by Gasteiger charge is 2.07. The van der Waals surface area contributed by atoms with Crippen molar-refractivity contribution in [2.75, 3.05) is 7.11 Å². The number of aryl methyl sites for hydroxylation is 1. The van der Waals surface area contributed by atoms with Gasteiger partial charge in [0.25, 0.3) is 0 Å². The summed E-state index contributed by atoms with van der Waals surface area (Å²) in [5.74, 6) is 0.622. The summed E-state index contributed by atoms with van der Waals surface area (Å²) in [6.45, 7) is 2.13. The highest BCUT2D eigenvalue weighted by Crippen LogP contribution is 2.32. The molecule has 0 spiro atoms. The van der Waals surface area contributed by atoms with Crippen LogP contribution in [-0.2, 0) is 6.42 Å². The molecular weight excluding hydrogens is 365 g/mol. The van der Waals surface area contributed by atoms with Gasteiger partial charge in [-0.15, -0.1) is 0 Å². The summed E-state index contributed by atoms with van der Waals surface area (Å²) in [6.07, 6.45) is 2.79. The van der Waals surface area contributed by atoms with Crippen LogP contribution in [0.2, 0.25) is 0 Å². The molecule has 0 aliphatic carbocycles. The Hall–Kier alpha value is -1.56. The van der Waals surface area contributed by atoms with Crippen molar-refractivity contribution in [1.29, 1.82) is 0 Å². The van der Waals surface area contributed by atoms with Gasteiger partial charge in [-0.1, -0.05) is 19.1 Å². The van der Waals surface area contributed by atoms with E-state index < -0.39 is 0 Å². The molecule has 0 unspecified atom stereocenters. The number of methoxy groups -OCH3 is 1. The van der Waals surface area contributed by atoms with Crippen molar-refractivity contribution in [1.82, 2.24) is 0 Å². The predicted octanol–water partition coefficient (Wildman–Crippen LogP) is 4.32. The van der Waals surface area contributed by atoms with Crippen LogP contribution in [0.3, 0.4) is 0 Å². The fourth-order valence-electron chi connectivity index (χ4n) is 1.79. The molecule has 2 aromatic carbocycles. The lowest BCUT2D eigenvalue weighted by molar-refractivity contribution is 0.371. The minimum atomic E-state index is 0.164. The molecule has 0 atom stereocenters. The average molecular weight is 381 g/mol. The van der Waals surface area contributed by atoms with Crippen LogP contribution in [0.4, 0.5) is 5.69 Å². The van der Waals surface area contributed by atoms with E-state index in [1.54, 1.807) is 12.3 Å². The number of halogens is 1. The Labute approximate surface area is 132 Å². The molecule has 0 fully saturated rings. The Balaban J connectivity index is 2.24. The number of aliphatic imine (C=N–C) groups is 1. The number of nitrogens with zero attached hydrogens (tertiary/aromatic N) is 1. The summed E-state index contributed by atoms with van der Waals surface area (Å²) in [5, 5.41) is 9.79. The Bertz CT molecular complexity index is 621. The van der Waals surface area contributed by atoms with Crippen molar-refractivity contribution in [2.24, 2.45) is 4.99 Å². The van der Waals surface area contributed by atoms with Gasteiger partial charge in [0.05, 0.1) is 16.4 Å². The second kappa shape index (κ2) is 6.74. The molecule has 104 valence electrons. The van der Waals surface area contributed by atoms with Gasteiger partial charge < -0.3 is 9.84 Å². The summed E-state index contributed by atoms with van der Waals surface area (Å²) < 4.78 is 5.87. The first-order valence-electron chi connectivity index (χ1n) is 6.33. The number of phenolic OH excluding ortho intramolecular Hbond substituents is 1. The van der Waals surface area contributed by atoms with E-state index in [0.717, 1.165) is 21.2 Å². The molecule has 0 saturated heterocycles. The van der Waals surface area contributed by atoms with E-state index in [4.69, 9.17) is 4.74 Å². The lowest BCUT2D eigenvalue weighted by Crippen LogP contribution is -1.90. The first-order chi connectivity index (χ1) is 9.63. The first kappa shape index (κ1) is 14.8.